The van der Waals surface area contributed by atoms with Crippen molar-refractivity contribution in [2.75, 3.05) is 44.2 Å². The highest BCUT2D eigenvalue weighted by molar-refractivity contribution is 6.30. The fourth-order valence-electron chi connectivity index (χ4n) is 3.34. The highest BCUT2D eigenvalue weighted by Crippen LogP contribution is 2.23. The third-order valence-corrected chi connectivity index (χ3v) is 5.20. The lowest BCUT2D eigenvalue weighted by atomic mass is 10.1. The number of rotatable bonds is 10. The number of carbonyl (C=O) groups is 2. The van der Waals surface area contributed by atoms with Gasteiger partial charge in [-0.05, 0) is 57.6 Å². The second-order valence-electron chi connectivity index (χ2n) is 6.97. The van der Waals surface area contributed by atoms with E-state index in [0.29, 0.717) is 18.1 Å². The van der Waals surface area contributed by atoms with Crippen LogP contribution in [0.25, 0.3) is 0 Å². The van der Waals surface area contributed by atoms with E-state index in [2.05, 4.69) is 24.1 Å². The maximum atomic E-state index is 12.6. The molecule has 2 rings (SSSR count). The van der Waals surface area contributed by atoms with Crippen LogP contribution in [0.4, 0.5) is 10.5 Å². The molecular weight excluding hydrogens is 364 g/mol. The van der Waals surface area contributed by atoms with Crippen LogP contribution in [0.15, 0.2) is 24.3 Å². The van der Waals surface area contributed by atoms with E-state index in [1.165, 1.54) is 0 Å². The van der Waals surface area contributed by atoms with E-state index in [1.807, 2.05) is 19.1 Å². The number of halogens is 1. The molecule has 1 aliphatic heterocycles. The summed E-state index contributed by atoms with van der Waals surface area (Å²) in [6, 6.07) is 7.17. The number of hydrogen-bond acceptors (Lipinski definition) is 3. The van der Waals surface area contributed by atoms with Crippen LogP contribution >= 0.6 is 11.6 Å². The van der Waals surface area contributed by atoms with E-state index in [4.69, 9.17) is 11.6 Å². The number of benzene rings is 1. The first-order valence-corrected chi connectivity index (χ1v) is 10.2. The summed E-state index contributed by atoms with van der Waals surface area (Å²) in [5.74, 6) is -0.105. The average Bonchev–Trinajstić information content (AvgIpc) is 2.99. The normalized spacial score (nSPS) is 15.5. The van der Waals surface area contributed by atoms with E-state index in [1.54, 1.807) is 21.9 Å². The molecule has 0 radical (unpaired) electrons. The van der Waals surface area contributed by atoms with E-state index in [9.17, 15) is 9.59 Å². The summed E-state index contributed by atoms with van der Waals surface area (Å²) in [5, 5.41) is 3.60. The Morgan fingerprint density at radius 3 is 2.70 bits per heavy atom. The minimum Gasteiger partial charge on any atom is -0.352 e. The van der Waals surface area contributed by atoms with Crippen molar-refractivity contribution in [1.82, 2.24) is 15.1 Å². The van der Waals surface area contributed by atoms with Crippen LogP contribution in [0, 0.1) is 0 Å². The molecule has 7 heteroatoms. The van der Waals surface area contributed by atoms with Crippen LogP contribution in [-0.2, 0) is 4.79 Å². The molecule has 1 saturated heterocycles. The Kier molecular flexibility index (Phi) is 8.38. The largest absolute Gasteiger partial charge is 0.352 e. The van der Waals surface area contributed by atoms with Crippen molar-refractivity contribution in [1.29, 1.82) is 0 Å². The SMILES string of the molecule is CCN(CC)CCCC(C)NC(=O)CN1CCN(c2cccc(Cl)c2)C1=O. The maximum absolute atomic E-state index is 12.6. The van der Waals surface area contributed by atoms with Crippen molar-refractivity contribution in [3.63, 3.8) is 0 Å². The number of amides is 3. The summed E-state index contributed by atoms with van der Waals surface area (Å²) < 4.78 is 0. The summed E-state index contributed by atoms with van der Waals surface area (Å²) in [6.45, 7) is 10.7. The summed E-state index contributed by atoms with van der Waals surface area (Å²) in [4.78, 5) is 30.5. The average molecular weight is 395 g/mol. The fourth-order valence-corrected chi connectivity index (χ4v) is 3.52. The zero-order chi connectivity index (χ0) is 19.8. The molecule has 1 aliphatic rings. The molecule has 1 heterocycles. The molecule has 6 nitrogen and oxygen atoms in total. The Morgan fingerprint density at radius 2 is 2.04 bits per heavy atom. The summed E-state index contributed by atoms with van der Waals surface area (Å²) in [6.07, 6.45) is 1.99. The summed E-state index contributed by atoms with van der Waals surface area (Å²) in [7, 11) is 0. The van der Waals surface area contributed by atoms with Crippen LogP contribution in [0.1, 0.15) is 33.6 Å². The number of anilines is 1. The molecule has 1 aromatic carbocycles. The Bertz CT molecular complexity index is 636. The van der Waals surface area contributed by atoms with Crippen molar-refractivity contribution >= 4 is 29.2 Å². The van der Waals surface area contributed by atoms with Crippen LogP contribution < -0.4 is 10.2 Å². The van der Waals surface area contributed by atoms with Crippen LogP contribution in [0.5, 0.6) is 0 Å². The fraction of sp³-hybridized carbons (Fsp3) is 0.600. The van der Waals surface area contributed by atoms with Gasteiger partial charge in [-0.3, -0.25) is 9.69 Å². The van der Waals surface area contributed by atoms with Gasteiger partial charge in [0.2, 0.25) is 5.91 Å². The highest BCUT2D eigenvalue weighted by Gasteiger charge is 2.31. The van der Waals surface area contributed by atoms with Crippen molar-refractivity contribution in [3.05, 3.63) is 29.3 Å². The van der Waals surface area contributed by atoms with Gasteiger partial charge in [0.25, 0.3) is 0 Å². The third-order valence-electron chi connectivity index (χ3n) is 4.96. The molecule has 150 valence electrons. The Morgan fingerprint density at radius 1 is 1.30 bits per heavy atom. The van der Waals surface area contributed by atoms with Crippen molar-refractivity contribution in [2.45, 2.75) is 39.7 Å². The second kappa shape index (κ2) is 10.5. The van der Waals surface area contributed by atoms with Gasteiger partial charge in [-0.15, -0.1) is 0 Å². The molecular formula is C20H31ClN4O2. The van der Waals surface area contributed by atoms with Gasteiger partial charge in [0.15, 0.2) is 0 Å². The molecule has 0 bridgehead atoms. The molecule has 1 atom stereocenters. The molecule has 1 unspecified atom stereocenters. The van der Waals surface area contributed by atoms with E-state index in [-0.39, 0.29) is 24.5 Å². The minimum absolute atomic E-state index is 0.0935. The zero-order valence-electron chi connectivity index (χ0n) is 16.6. The Hall–Kier alpha value is -1.79. The van der Waals surface area contributed by atoms with E-state index >= 15 is 0 Å². The Labute approximate surface area is 167 Å². The first-order chi connectivity index (χ1) is 12.9. The van der Waals surface area contributed by atoms with Crippen molar-refractivity contribution in [2.24, 2.45) is 0 Å². The van der Waals surface area contributed by atoms with Gasteiger partial charge in [-0.2, -0.15) is 0 Å². The molecule has 3 amide bonds. The van der Waals surface area contributed by atoms with Gasteiger partial charge < -0.3 is 15.1 Å². The summed E-state index contributed by atoms with van der Waals surface area (Å²) >= 11 is 6.01. The molecule has 1 aromatic rings. The van der Waals surface area contributed by atoms with Crippen LogP contribution in [0.2, 0.25) is 5.02 Å². The highest BCUT2D eigenvalue weighted by atomic mass is 35.5. The molecule has 1 N–H and O–H groups in total. The molecule has 0 saturated carbocycles. The van der Waals surface area contributed by atoms with Gasteiger partial charge in [0.1, 0.15) is 6.54 Å². The van der Waals surface area contributed by atoms with E-state index in [0.717, 1.165) is 38.2 Å². The van der Waals surface area contributed by atoms with Gasteiger partial charge in [-0.1, -0.05) is 31.5 Å². The minimum atomic E-state index is -0.151. The number of hydrogen-bond donors (Lipinski definition) is 1. The van der Waals surface area contributed by atoms with E-state index < -0.39 is 0 Å². The number of carbonyl (C=O) groups excluding carboxylic acids is 2. The lowest BCUT2D eigenvalue weighted by molar-refractivity contribution is -0.122. The molecule has 0 spiro atoms. The van der Waals surface area contributed by atoms with Gasteiger partial charge in [0.05, 0.1) is 0 Å². The standard InChI is InChI=1S/C20H31ClN4O2/c1-4-23(5-2)11-7-8-16(3)22-19(26)15-24-12-13-25(20(24)27)18-10-6-9-17(21)14-18/h6,9-10,14,16H,4-5,7-8,11-13,15H2,1-3H3,(H,22,26). The van der Waals surface area contributed by atoms with Crippen LogP contribution in [-0.4, -0.2) is 67.0 Å². The van der Waals surface area contributed by atoms with Gasteiger partial charge in [-0.25, -0.2) is 4.79 Å². The van der Waals surface area contributed by atoms with Crippen LogP contribution in [0.3, 0.4) is 0 Å². The van der Waals surface area contributed by atoms with Gasteiger partial charge in [0, 0.05) is 29.8 Å². The topological polar surface area (TPSA) is 55.9 Å². The molecule has 0 aliphatic carbocycles. The molecule has 27 heavy (non-hydrogen) atoms. The first kappa shape index (κ1) is 21.5. The zero-order valence-corrected chi connectivity index (χ0v) is 17.3. The maximum Gasteiger partial charge on any atom is 0.325 e. The van der Waals surface area contributed by atoms with Crippen molar-refractivity contribution < 1.29 is 9.59 Å². The number of nitrogens with zero attached hydrogens (tertiary/aromatic N) is 3. The van der Waals surface area contributed by atoms with Gasteiger partial charge >= 0.3 is 6.03 Å². The first-order valence-electron chi connectivity index (χ1n) is 9.78. The van der Waals surface area contributed by atoms with Crippen molar-refractivity contribution in [3.8, 4) is 0 Å². The summed E-state index contributed by atoms with van der Waals surface area (Å²) in [5.41, 5.74) is 0.764. The Balaban J connectivity index is 1.76. The smallest absolute Gasteiger partial charge is 0.325 e. The number of nitrogens with one attached hydrogen (secondary N) is 1. The number of urea groups is 1. The third kappa shape index (κ3) is 6.40. The molecule has 1 fully saturated rings. The monoisotopic (exact) mass is 394 g/mol. The lowest BCUT2D eigenvalue weighted by Gasteiger charge is -2.21. The molecule has 0 aromatic heterocycles. The predicted molar refractivity (Wildman–Crippen MR) is 110 cm³/mol. The quantitative estimate of drug-likeness (QED) is 0.663. The lowest BCUT2D eigenvalue weighted by Crippen LogP contribution is -2.43. The second-order valence-corrected chi connectivity index (χ2v) is 7.41. The predicted octanol–water partition coefficient (Wildman–Crippen LogP) is 3.21.